The average Bonchev–Trinajstić information content (AvgIpc) is 3.39. The molecule has 1 fully saturated rings. The third kappa shape index (κ3) is 4.44. The van der Waals surface area contributed by atoms with Gasteiger partial charge < -0.3 is 14.6 Å². The van der Waals surface area contributed by atoms with Crippen molar-refractivity contribution in [3.8, 4) is 0 Å². The van der Waals surface area contributed by atoms with Crippen molar-refractivity contribution in [2.45, 2.75) is 31.7 Å². The van der Waals surface area contributed by atoms with E-state index in [0.29, 0.717) is 23.8 Å². The Morgan fingerprint density at radius 3 is 2.50 bits per heavy atom. The lowest BCUT2D eigenvalue weighted by Crippen LogP contribution is -2.27. The highest BCUT2D eigenvalue weighted by Gasteiger charge is 2.33. The quantitative estimate of drug-likeness (QED) is 0.578. The van der Waals surface area contributed by atoms with Crippen LogP contribution < -0.4 is 5.32 Å². The van der Waals surface area contributed by atoms with Crippen molar-refractivity contribution < 1.29 is 14.0 Å². The van der Waals surface area contributed by atoms with Gasteiger partial charge in [0.25, 0.3) is 5.91 Å². The molecule has 1 atom stereocenters. The summed E-state index contributed by atoms with van der Waals surface area (Å²) in [6.45, 7) is 4.72. The van der Waals surface area contributed by atoms with E-state index >= 15 is 0 Å². The molecule has 0 spiro atoms. The Morgan fingerprint density at radius 2 is 1.87 bits per heavy atom. The Morgan fingerprint density at radius 1 is 1.13 bits per heavy atom. The van der Waals surface area contributed by atoms with E-state index in [1.54, 1.807) is 18.0 Å². The van der Waals surface area contributed by atoms with Gasteiger partial charge in [-0.25, -0.2) is 0 Å². The smallest absolute Gasteiger partial charge is 0.255 e. The van der Waals surface area contributed by atoms with E-state index in [2.05, 4.69) is 19.2 Å². The zero-order chi connectivity index (χ0) is 21.1. The predicted molar refractivity (Wildman–Crippen MR) is 119 cm³/mol. The second kappa shape index (κ2) is 8.79. The predicted octanol–water partition coefficient (Wildman–Crippen LogP) is 5.43. The molecule has 0 aliphatic carbocycles. The number of carbonyl (C=O) groups is 2. The first-order valence-corrected chi connectivity index (χ1v) is 11.0. The van der Waals surface area contributed by atoms with Gasteiger partial charge in [0.2, 0.25) is 5.91 Å². The number of nitrogens with one attached hydrogen (secondary N) is 1. The van der Waals surface area contributed by atoms with Crippen LogP contribution in [0.15, 0.2) is 71.3 Å². The van der Waals surface area contributed by atoms with Gasteiger partial charge in [-0.1, -0.05) is 38.1 Å². The minimum Gasteiger partial charge on any atom is -0.467 e. The molecule has 2 amide bonds. The summed E-state index contributed by atoms with van der Waals surface area (Å²) in [7, 11) is 0. The van der Waals surface area contributed by atoms with Crippen molar-refractivity contribution in [3.63, 3.8) is 0 Å². The number of carbonyl (C=O) groups excluding carboxylic acids is 2. The molecule has 2 heterocycles. The maximum absolute atomic E-state index is 12.6. The van der Waals surface area contributed by atoms with Crippen LogP contribution in [-0.4, -0.2) is 22.5 Å². The van der Waals surface area contributed by atoms with Crippen molar-refractivity contribution in [1.29, 1.82) is 0 Å². The molecule has 0 radical (unpaired) electrons. The summed E-state index contributed by atoms with van der Waals surface area (Å²) in [5.74, 6) is 1.60. The minimum atomic E-state index is -0.151. The van der Waals surface area contributed by atoms with Crippen molar-refractivity contribution in [2.75, 3.05) is 11.1 Å². The molecule has 1 aromatic heterocycles. The first kappa shape index (κ1) is 20.3. The lowest BCUT2D eigenvalue weighted by molar-refractivity contribution is -0.128. The molecule has 4 rings (SSSR count). The van der Waals surface area contributed by atoms with Crippen molar-refractivity contribution >= 4 is 29.3 Å². The van der Waals surface area contributed by atoms with Crippen LogP contribution >= 0.6 is 11.8 Å². The van der Waals surface area contributed by atoms with Crippen LogP contribution in [0.2, 0.25) is 0 Å². The van der Waals surface area contributed by atoms with Crippen LogP contribution in [0.4, 0.5) is 5.69 Å². The Bertz CT molecular complexity index is 1010. The zero-order valence-electron chi connectivity index (χ0n) is 17.0. The van der Waals surface area contributed by atoms with Crippen LogP contribution in [0.1, 0.15) is 52.4 Å². The molecule has 6 heteroatoms. The molecule has 5 nitrogen and oxygen atoms in total. The molecule has 1 aliphatic heterocycles. The molecule has 0 saturated carbocycles. The number of rotatable bonds is 6. The lowest BCUT2D eigenvalue weighted by atomic mass is 10.0. The van der Waals surface area contributed by atoms with Gasteiger partial charge in [-0.15, -0.1) is 11.8 Å². The molecule has 2 aromatic carbocycles. The summed E-state index contributed by atoms with van der Waals surface area (Å²) < 4.78 is 5.40. The van der Waals surface area contributed by atoms with Crippen LogP contribution in [0.3, 0.4) is 0 Å². The second-order valence-electron chi connectivity index (χ2n) is 7.62. The third-order valence-electron chi connectivity index (χ3n) is 5.17. The fraction of sp³-hybridized carbons (Fsp3) is 0.250. The number of hydrogen-bond donors (Lipinski definition) is 1. The van der Waals surface area contributed by atoms with Crippen molar-refractivity contribution in [2.24, 2.45) is 0 Å². The summed E-state index contributed by atoms with van der Waals surface area (Å²) in [4.78, 5) is 26.7. The number of furan rings is 1. The second-order valence-corrected chi connectivity index (χ2v) is 8.69. The molecule has 0 unspecified atom stereocenters. The van der Waals surface area contributed by atoms with Gasteiger partial charge in [-0.3, -0.25) is 9.59 Å². The van der Waals surface area contributed by atoms with Crippen molar-refractivity contribution in [1.82, 2.24) is 4.90 Å². The van der Waals surface area contributed by atoms with Gasteiger partial charge in [-0.05, 0) is 53.4 Å². The number of hydrogen-bond acceptors (Lipinski definition) is 4. The Kier molecular flexibility index (Phi) is 5.95. The first-order chi connectivity index (χ1) is 14.5. The number of benzene rings is 2. The summed E-state index contributed by atoms with van der Waals surface area (Å²) in [6, 6.07) is 19.1. The lowest BCUT2D eigenvalue weighted by Gasteiger charge is -2.23. The normalized spacial score (nSPS) is 16.3. The standard InChI is InChI=1S/C24H24N2O3S/c1-16(2)17-9-11-20(12-10-17)25-23(28)18-5-7-19(8-6-18)24-26(22(27)15-30-24)14-21-4-3-13-29-21/h3-13,16,24H,14-15H2,1-2H3,(H,25,28)/t24-/m1/s1. The van der Waals surface area contributed by atoms with Gasteiger partial charge in [0, 0.05) is 11.3 Å². The van der Waals surface area contributed by atoms with E-state index in [1.807, 2.05) is 65.6 Å². The molecule has 1 N–H and O–H groups in total. The number of nitrogens with zero attached hydrogens (tertiary/aromatic N) is 1. The SMILES string of the molecule is CC(C)c1ccc(NC(=O)c2ccc([C@H]3SCC(=O)N3Cc3ccco3)cc2)cc1. The summed E-state index contributed by atoms with van der Waals surface area (Å²) >= 11 is 1.59. The van der Waals surface area contributed by atoms with E-state index in [0.717, 1.165) is 17.0 Å². The Balaban J connectivity index is 1.44. The summed E-state index contributed by atoms with van der Waals surface area (Å²) in [5, 5.41) is 2.86. The van der Waals surface area contributed by atoms with E-state index in [4.69, 9.17) is 4.42 Å². The van der Waals surface area contributed by atoms with Crippen LogP contribution in [0, 0.1) is 0 Å². The van der Waals surface area contributed by atoms with Gasteiger partial charge in [-0.2, -0.15) is 0 Å². The average molecular weight is 421 g/mol. The molecule has 154 valence electrons. The maximum atomic E-state index is 12.6. The molecule has 0 bridgehead atoms. The van der Waals surface area contributed by atoms with Gasteiger partial charge in [0.15, 0.2) is 0 Å². The van der Waals surface area contributed by atoms with Crippen molar-refractivity contribution in [3.05, 3.63) is 89.4 Å². The van der Waals surface area contributed by atoms with E-state index < -0.39 is 0 Å². The highest BCUT2D eigenvalue weighted by Crippen LogP contribution is 2.39. The molecule has 1 saturated heterocycles. The Hall–Kier alpha value is -2.99. The van der Waals surface area contributed by atoms with Crippen LogP contribution in [-0.2, 0) is 11.3 Å². The highest BCUT2D eigenvalue weighted by molar-refractivity contribution is 8.00. The molecule has 3 aromatic rings. The van der Waals surface area contributed by atoms with Gasteiger partial charge in [0.05, 0.1) is 18.6 Å². The Labute approximate surface area is 180 Å². The molecule has 1 aliphatic rings. The number of anilines is 1. The fourth-order valence-electron chi connectivity index (χ4n) is 3.43. The van der Waals surface area contributed by atoms with E-state index in [9.17, 15) is 9.59 Å². The molecular formula is C24H24N2O3S. The summed E-state index contributed by atoms with van der Waals surface area (Å²) in [6.07, 6.45) is 1.61. The first-order valence-electron chi connectivity index (χ1n) is 9.96. The fourth-order valence-corrected chi connectivity index (χ4v) is 4.61. The topological polar surface area (TPSA) is 62.6 Å². The van der Waals surface area contributed by atoms with Gasteiger partial charge >= 0.3 is 0 Å². The largest absolute Gasteiger partial charge is 0.467 e. The summed E-state index contributed by atoms with van der Waals surface area (Å²) in [5.41, 5.74) is 3.59. The minimum absolute atomic E-state index is 0.0803. The van der Waals surface area contributed by atoms with E-state index in [1.165, 1.54) is 5.56 Å². The van der Waals surface area contributed by atoms with Crippen LogP contribution in [0.5, 0.6) is 0 Å². The zero-order valence-corrected chi connectivity index (χ0v) is 17.8. The highest BCUT2D eigenvalue weighted by atomic mass is 32.2. The number of amides is 2. The maximum Gasteiger partial charge on any atom is 0.255 e. The third-order valence-corrected chi connectivity index (χ3v) is 6.42. The number of thioether (sulfide) groups is 1. The van der Waals surface area contributed by atoms with Gasteiger partial charge in [0.1, 0.15) is 11.1 Å². The van der Waals surface area contributed by atoms with Crippen LogP contribution in [0.25, 0.3) is 0 Å². The van der Waals surface area contributed by atoms with E-state index in [-0.39, 0.29) is 17.2 Å². The monoisotopic (exact) mass is 420 g/mol. The molecule has 30 heavy (non-hydrogen) atoms. The molecular weight excluding hydrogens is 396 g/mol.